The van der Waals surface area contributed by atoms with Crippen molar-refractivity contribution in [3.63, 3.8) is 0 Å². The van der Waals surface area contributed by atoms with Gasteiger partial charge in [0.15, 0.2) is 0 Å². The van der Waals surface area contributed by atoms with Gasteiger partial charge in [-0.05, 0) is 61.0 Å². The molecule has 1 heterocycles. The molecular weight excluding hydrogens is 417 g/mol. The zero-order valence-corrected chi connectivity index (χ0v) is 18.2. The van der Waals surface area contributed by atoms with Crippen molar-refractivity contribution in [1.82, 2.24) is 4.90 Å². The molecule has 4 rings (SSSR count). The first kappa shape index (κ1) is 23.5. The molecule has 1 aliphatic rings. The van der Waals surface area contributed by atoms with Crippen LogP contribution in [-0.2, 0) is 0 Å². The maximum atomic E-state index is 13.1. The molecule has 0 aromatic heterocycles. The third-order valence-electron chi connectivity index (χ3n) is 5.94. The molecule has 31 heavy (non-hydrogen) atoms. The van der Waals surface area contributed by atoms with E-state index in [9.17, 15) is 14.6 Å². The van der Waals surface area contributed by atoms with Crippen LogP contribution >= 0.6 is 12.4 Å². The van der Waals surface area contributed by atoms with Gasteiger partial charge in [-0.3, -0.25) is 0 Å². The van der Waals surface area contributed by atoms with Crippen molar-refractivity contribution in [3.05, 3.63) is 78.1 Å². The van der Waals surface area contributed by atoms with Crippen LogP contribution in [-0.4, -0.2) is 47.5 Å². The van der Waals surface area contributed by atoms with Crippen LogP contribution in [0.5, 0.6) is 5.75 Å². The molecule has 1 aliphatic heterocycles. The summed E-state index contributed by atoms with van der Waals surface area (Å²) < 4.78 is 19.0. The van der Waals surface area contributed by atoms with Gasteiger partial charge in [-0.25, -0.2) is 4.39 Å². The predicted octanol–water partition coefficient (Wildman–Crippen LogP) is 4.59. The second-order valence-corrected chi connectivity index (χ2v) is 8.08. The van der Waals surface area contributed by atoms with Gasteiger partial charge in [-0.2, -0.15) is 0 Å². The summed E-state index contributed by atoms with van der Waals surface area (Å²) in [5, 5.41) is 23.2. The average Bonchev–Trinajstić information content (AvgIpc) is 2.78. The van der Waals surface area contributed by atoms with Crippen LogP contribution in [0.4, 0.5) is 4.39 Å². The highest BCUT2D eigenvalue weighted by Crippen LogP contribution is 2.31. The largest absolute Gasteiger partial charge is 0.490 e. The Labute approximate surface area is 188 Å². The maximum absolute atomic E-state index is 13.1. The Balaban J connectivity index is 0.00000272. The second kappa shape index (κ2) is 10.9. The number of hydrogen-bond acceptors (Lipinski definition) is 4. The van der Waals surface area contributed by atoms with Gasteiger partial charge in [0.2, 0.25) is 0 Å². The fraction of sp³-hybridized carbons (Fsp3) is 0.360. The Hall–Kier alpha value is -2.18. The average molecular weight is 446 g/mol. The van der Waals surface area contributed by atoms with E-state index in [-0.39, 0.29) is 30.7 Å². The number of ether oxygens (including phenoxy) is 1. The number of likely N-dealkylation sites (tertiary alicyclic amines) is 1. The minimum atomic E-state index is -0.581. The molecule has 0 bridgehead atoms. The lowest BCUT2D eigenvalue weighted by molar-refractivity contribution is 0.0280. The molecule has 0 amide bonds. The van der Waals surface area contributed by atoms with Gasteiger partial charge in [-0.15, -0.1) is 12.4 Å². The van der Waals surface area contributed by atoms with E-state index in [2.05, 4.69) is 4.90 Å². The Kier molecular flexibility index (Phi) is 8.27. The third-order valence-corrected chi connectivity index (χ3v) is 5.94. The summed E-state index contributed by atoms with van der Waals surface area (Å²) >= 11 is 0. The molecule has 3 aromatic carbocycles. The molecule has 2 atom stereocenters. The number of rotatable bonds is 7. The Morgan fingerprint density at radius 2 is 1.61 bits per heavy atom. The molecule has 4 nitrogen and oxygen atoms in total. The molecule has 0 aliphatic carbocycles. The van der Waals surface area contributed by atoms with Gasteiger partial charge in [0.25, 0.3) is 0 Å². The Morgan fingerprint density at radius 1 is 0.935 bits per heavy atom. The quantitative estimate of drug-likeness (QED) is 0.558. The fourth-order valence-electron chi connectivity index (χ4n) is 4.24. The molecular formula is C25H29ClFNO3. The van der Waals surface area contributed by atoms with Crippen LogP contribution in [0.25, 0.3) is 10.8 Å². The van der Waals surface area contributed by atoms with Gasteiger partial charge in [0.1, 0.15) is 24.3 Å². The van der Waals surface area contributed by atoms with E-state index in [1.165, 1.54) is 12.1 Å². The Morgan fingerprint density at radius 3 is 2.35 bits per heavy atom. The highest BCUT2D eigenvalue weighted by molar-refractivity contribution is 5.88. The van der Waals surface area contributed by atoms with Crippen molar-refractivity contribution in [2.45, 2.75) is 25.0 Å². The van der Waals surface area contributed by atoms with Crippen molar-refractivity contribution >= 4 is 23.2 Å². The van der Waals surface area contributed by atoms with Gasteiger partial charge >= 0.3 is 0 Å². The number of halogens is 2. The predicted molar refractivity (Wildman–Crippen MR) is 123 cm³/mol. The summed E-state index contributed by atoms with van der Waals surface area (Å²) in [5.74, 6) is 0.643. The summed E-state index contributed by atoms with van der Waals surface area (Å²) in [6.45, 7) is 2.42. The van der Waals surface area contributed by atoms with Crippen molar-refractivity contribution in [3.8, 4) is 5.75 Å². The molecule has 2 unspecified atom stereocenters. The first-order valence-corrected chi connectivity index (χ1v) is 10.5. The topological polar surface area (TPSA) is 52.9 Å². The summed E-state index contributed by atoms with van der Waals surface area (Å²) in [7, 11) is 0. The molecule has 1 saturated heterocycles. The van der Waals surface area contributed by atoms with Crippen LogP contribution < -0.4 is 4.74 Å². The standard InChI is InChI=1S/C25H28FNO3.ClH/c26-21-10-8-19(9-11-21)25(29)20-12-14-27(15-13-20)16-22(28)17-30-24-7-3-5-18-4-1-2-6-23(18)24;/h1-11,20,22,25,28-29H,12-17H2;1H. The first-order valence-electron chi connectivity index (χ1n) is 10.5. The van der Waals surface area contributed by atoms with Crippen LogP contribution in [0.1, 0.15) is 24.5 Å². The summed E-state index contributed by atoms with van der Waals surface area (Å²) in [6.07, 6.45) is 0.528. The molecule has 6 heteroatoms. The van der Waals surface area contributed by atoms with Gasteiger partial charge < -0.3 is 19.8 Å². The molecule has 0 spiro atoms. The van der Waals surface area contributed by atoms with E-state index < -0.39 is 12.2 Å². The number of benzene rings is 3. The molecule has 0 saturated carbocycles. The van der Waals surface area contributed by atoms with Crippen molar-refractivity contribution in [2.75, 3.05) is 26.2 Å². The number of β-amino-alcohol motifs (C(OH)–C–C–N with tert-alkyl or cyclic N) is 1. The van der Waals surface area contributed by atoms with Gasteiger partial charge in [0, 0.05) is 11.9 Å². The number of piperidine rings is 1. The molecule has 1 fully saturated rings. The normalized spacial score (nSPS) is 17.1. The number of fused-ring (bicyclic) bond motifs is 1. The molecule has 3 aromatic rings. The lowest BCUT2D eigenvalue weighted by Crippen LogP contribution is -2.41. The zero-order chi connectivity index (χ0) is 20.9. The van der Waals surface area contributed by atoms with Gasteiger partial charge in [-0.1, -0.05) is 48.5 Å². The van der Waals surface area contributed by atoms with E-state index in [0.717, 1.165) is 48.0 Å². The van der Waals surface area contributed by atoms with Crippen molar-refractivity contribution < 1.29 is 19.3 Å². The SMILES string of the molecule is Cl.OC(COc1cccc2ccccc12)CN1CCC(C(O)c2ccc(F)cc2)CC1. The highest BCUT2D eigenvalue weighted by atomic mass is 35.5. The highest BCUT2D eigenvalue weighted by Gasteiger charge is 2.27. The number of nitrogens with zero attached hydrogens (tertiary/aromatic N) is 1. The lowest BCUT2D eigenvalue weighted by atomic mass is 9.87. The smallest absolute Gasteiger partial charge is 0.127 e. The van der Waals surface area contributed by atoms with Crippen LogP contribution in [0.15, 0.2) is 66.7 Å². The minimum absolute atomic E-state index is 0. The Bertz CT molecular complexity index is 955. The van der Waals surface area contributed by atoms with E-state index in [1.54, 1.807) is 12.1 Å². The van der Waals surface area contributed by atoms with E-state index in [1.807, 2.05) is 42.5 Å². The van der Waals surface area contributed by atoms with E-state index in [4.69, 9.17) is 4.74 Å². The molecule has 166 valence electrons. The zero-order valence-electron chi connectivity index (χ0n) is 17.4. The lowest BCUT2D eigenvalue weighted by Gasteiger charge is -2.35. The summed E-state index contributed by atoms with van der Waals surface area (Å²) in [5.41, 5.74) is 0.762. The number of hydrogen-bond donors (Lipinski definition) is 2. The summed E-state index contributed by atoms with van der Waals surface area (Å²) in [6, 6.07) is 20.1. The van der Waals surface area contributed by atoms with E-state index >= 15 is 0 Å². The molecule has 0 radical (unpaired) electrons. The third kappa shape index (κ3) is 5.95. The second-order valence-electron chi connectivity index (χ2n) is 8.08. The molecule has 2 N–H and O–H groups in total. The van der Waals surface area contributed by atoms with Crippen molar-refractivity contribution in [2.24, 2.45) is 5.92 Å². The van der Waals surface area contributed by atoms with Crippen LogP contribution in [0.3, 0.4) is 0 Å². The maximum Gasteiger partial charge on any atom is 0.127 e. The monoisotopic (exact) mass is 445 g/mol. The van der Waals surface area contributed by atoms with Crippen LogP contribution in [0.2, 0.25) is 0 Å². The van der Waals surface area contributed by atoms with Gasteiger partial charge in [0.05, 0.1) is 6.10 Å². The van der Waals surface area contributed by atoms with Crippen LogP contribution in [0, 0.1) is 11.7 Å². The summed E-state index contributed by atoms with van der Waals surface area (Å²) in [4.78, 5) is 2.21. The number of aliphatic hydroxyl groups is 2. The fourth-order valence-corrected chi connectivity index (χ4v) is 4.24. The minimum Gasteiger partial charge on any atom is -0.490 e. The number of aliphatic hydroxyl groups excluding tert-OH is 2. The van der Waals surface area contributed by atoms with Crippen molar-refractivity contribution in [1.29, 1.82) is 0 Å². The van der Waals surface area contributed by atoms with E-state index in [0.29, 0.717) is 6.54 Å². The first-order chi connectivity index (χ1) is 14.6.